The summed E-state index contributed by atoms with van der Waals surface area (Å²) in [7, 11) is 0. The Morgan fingerprint density at radius 1 is 1.50 bits per heavy atom. The molecule has 1 aliphatic rings. The topological polar surface area (TPSA) is 40.5 Å². The number of rotatable bonds is 3. The van der Waals surface area contributed by atoms with Gasteiger partial charge >= 0.3 is 5.97 Å². The van der Waals surface area contributed by atoms with Crippen LogP contribution in [0, 0.1) is 24.6 Å². The van der Waals surface area contributed by atoms with Gasteiger partial charge in [-0.2, -0.15) is 0 Å². The number of carboxylic acid groups (broad SMARTS) is 1. The van der Waals surface area contributed by atoms with E-state index in [2.05, 4.69) is 4.90 Å². The summed E-state index contributed by atoms with van der Waals surface area (Å²) in [6.07, 6.45) is 0. The Hall–Kier alpha value is -1.42. The minimum atomic E-state index is -0.722. The molecule has 0 aliphatic carbocycles. The quantitative estimate of drug-likeness (QED) is 0.896. The van der Waals surface area contributed by atoms with Crippen molar-refractivity contribution in [3.05, 3.63) is 35.1 Å². The molecule has 0 radical (unpaired) electrons. The van der Waals surface area contributed by atoms with Crippen molar-refractivity contribution in [2.45, 2.75) is 20.4 Å². The standard InChI is InChI=1S/C14H18FNO2/c1-9-5-11(3-4-13(9)15)7-16-6-10(2)12(8-16)14(17)18/h3-5,10,12H,6-8H2,1-2H3,(H,17,18). The number of hydrogen-bond acceptors (Lipinski definition) is 2. The molecule has 4 heteroatoms. The molecule has 0 spiro atoms. The van der Waals surface area contributed by atoms with E-state index in [0.717, 1.165) is 12.1 Å². The van der Waals surface area contributed by atoms with Gasteiger partial charge in [-0.05, 0) is 30.0 Å². The van der Waals surface area contributed by atoms with Gasteiger partial charge in [0.1, 0.15) is 5.82 Å². The van der Waals surface area contributed by atoms with E-state index in [1.54, 1.807) is 13.0 Å². The van der Waals surface area contributed by atoms with Crippen LogP contribution in [-0.4, -0.2) is 29.1 Å². The van der Waals surface area contributed by atoms with Gasteiger partial charge in [0.25, 0.3) is 0 Å². The predicted molar refractivity (Wildman–Crippen MR) is 66.7 cm³/mol. The molecule has 1 aromatic rings. The molecule has 1 aromatic carbocycles. The van der Waals surface area contributed by atoms with Crippen LogP contribution in [0.3, 0.4) is 0 Å². The maximum atomic E-state index is 13.2. The molecule has 0 amide bonds. The average Bonchev–Trinajstić information content (AvgIpc) is 2.65. The molecule has 98 valence electrons. The fraction of sp³-hybridized carbons (Fsp3) is 0.500. The second kappa shape index (κ2) is 5.06. The smallest absolute Gasteiger partial charge is 0.308 e. The number of nitrogens with zero attached hydrogens (tertiary/aromatic N) is 1. The first-order valence-corrected chi connectivity index (χ1v) is 6.17. The first kappa shape index (κ1) is 13.0. The summed E-state index contributed by atoms with van der Waals surface area (Å²) in [6, 6.07) is 5.06. The van der Waals surface area contributed by atoms with Crippen LogP contribution in [0.4, 0.5) is 4.39 Å². The Morgan fingerprint density at radius 3 is 2.78 bits per heavy atom. The zero-order valence-corrected chi connectivity index (χ0v) is 10.7. The van der Waals surface area contributed by atoms with Gasteiger partial charge in [-0.15, -0.1) is 0 Å². The average molecular weight is 251 g/mol. The molecular formula is C14H18FNO2. The van der Waals surface area contributed by atoms with Gasteiger partial charge in [0.2, 0.25) is 0 Å². The van der Waals surface area contributed by atoms with E-state index >= 15 is 0 Å². The largest absolute Gasteiger partial charge is 0.481 e. The summed E-state index contributed by atoms with van der Waals surface area (Å²) in [6.45, 7) is 5.76. The fourth-order valence-corrected chi connectivity index (χ4v) is 2.58. The fourth-order valence-electron chi connectivity index (χ4n) is 2.58. The Labute approximate surface area is 106 Å². The van der Waals surface area contributed by atoms with E-state index in [1.165, 1.54) is 6.07 Å². The van der Waals surface area contributed by atoms with Crippen LogP contribution >= 0.6 is 0 Å². The zero-order valence-electron chi connectivity index (χ0n) is 10.7. The SMILES string of the molecule is Cc1cc(CN2CC(C)C(C(=O)O)C2)ccc1F. The summed E-state index contributed by atoms with van der Waals surface area (Å²) in [5, 5.41) is 9.07. The third-order valence-electron chi connectivity index (χ3n) is 3.63. The third-order valence-corrected chi connectivity index (χ3v) is 3.63. The number of likely N-dealkylation sites (tertiary alicyclic amines) is 1. The number of aliphatic carboxylic acids is 1. The lowest BCUT2D eigenvalue weighted by Crippen LogP contribution is -2.23. The van der Waals surface area contributed by atoms with Crippen LogP contribution in [0.5, 0.6) is 0 Å². The molecule has 1 fully saturated rings. The maximum Gasteiger partial charge on any atom is 0.308 e. The monoisotopic (exact) mass is 251 g/mol. The molecule has 1 aliphatic heterocycles. The normalized spacial score (nSPS) is 24.4. The number of carboxylic acids is 1. The lowest BCUT2D eigenvalue weighted by Gasteiger charge is -2.15. The van der Waals surface area contributed by atoms with Crippen molar-refractivity contribution in [1.29, 1.82) is 0 Å². The minimum absolute atomic E-state index is 0.170. The predicted octanol–water partition coefficient (Wildman–Crippen LogP) is 2.29. The van der Waals surface area contributed by atoms with Crippen molar-refractivity contribution < 1.29 is 14.3 Å². The molecule has 0 aromatic heterocycles. The van der Waals surface area contributed by atoms with Crippen molar-refractivity contribution in [1.82, 2.24) is 4.90 Å². The highest BCUT2D eigenvalue weighted by Crippen LogP contribution is 2.25. The lowest BCUT2D eigenvalue weighted by molar-refractivity contribution is -0.142. The van der Waals surface area contributed by atoms with E-state index in [0.29, 0.717) is 18.7 Å². The van der Waals surface area contributed by atoms with Crippen LogP contribution < -0.4 is 0 Å². The minimum Gasteiger partial charge on any atom is -0.481 e. The van der Waals surface area contributed by atoms with Crippen LogP contribution in [0.25, 0.3) is 0 Å². The van der Waals surface area contributed by atoms with Gasteiger partial charge in [-0.3, -0.25) is 9.69 Å². The van der Waals surface area contributed by atoms with Gasteiger partial charge in [0.05, 0.1) is 5.92 Å². The summed E-state index contributed by atoms with van der Waals surface area (Å²) in [4.78, 5) is 13.2. The zero-order chi connectivity index (χ0) is 13.3. The molecule has 0 saturated carbocycles. The van der Waals surface area contributed by atoms with Crippen molar-refractivity contribution >= 4 is 5.97 Å². The molecule has 1 heterocycles. The first-order valence-electron chi connectivity index (χ1n) is 6.17. The summed E-state index contributed by atoms with van der Waals surface area (Å²) < 4.78 is 13.2. The lowest BCUT2D eigenvalue weighted by atomic mass is 9.99. The van der Waals surface area contributed by atoms with Crippen molar-refractivity contribution in [3.8, 4) is 0 Å². The molecule has 0 bridgehead atoms. The highest BCUT2D eigenvalue weighted by atomic mass is 19.1. The van der Waals surface area contributed by atoms with E-state index in [-0.39, 0.29) is 17.7 Å². The van der Waals surface area contributed by atoms with Crippen molar-refractivity contribution in [2.24, 2.45) is 11.8 Å². The second-order valence-electron chi connectivity index (χ2n) is 5.20. The Kier molecular flexibility index (Phi) is 3.66. The number of hydrogen-bond donors (Lipinski definition) is 1. The number of aryl methyl sites for hydroxylation is 1. The van der Waals surface area contributed by atoms with E-state index in [1.807, 2.05) is 13.0 Å². The van der Waals surface area contributed by atoms with Gasteiger partial charge < -0.3 is 5.11 Å². The number of benzene rings is 1. The Bertz CT molecular complexity index is 461. The van der Waals surface area contributed by atoms with E-state index in [9.17, 15) is 9.18 Å². The van der Waals surface area contributed by atoms with Gasteiger partial charge in [0, 0.05) is 19.6 Å². The maximum absolute atomic E-state index is 13.2. The first-order chi connectivity index (χ1) is 8.47. The number of halogens is 1. The number of carbonyl (C=O) groups is 1. The highest BCUT2D eigenvalue weighted by molar-refractivity contribution is 5.71. The van der Waals surface area contributed by atoms with Gasteiger partial charge in [-0.1, -0.05) is 19.1 Å². The Morgan fingerprint density at radius 2 is 2.22 bits per heavy atom. The second-order valence-corrected chi connectivity index (χ2v) is 5.20. The summed E-state index contributed by atoms with van der Waals surface area (Å²) in [5.41, 5.74) is 1.67. The van der Waals surface area contributed by atoms with Crippen LogP contribution in [-0.2, 0) is 11.3 Å². The van der Waals surface area contributed by atoms with Gasteiger partial charge in [-0.25, -0.2) is 4.39 Å². The van der Waals surface area contributed by atoms with E-state index < -0.39 is 5.97 Å². The van der Waals surface area contributed by atoms with Crippen LogP contribution in [0.2, 0.25) is 0 Å². The molecule has 2 atom stereocenters. The Balaban J connectivity index is 2.03. The highest BCUT2D eigenvalue weighted by Gasteiger charge is 2.34. The summed E-state index contributed by atoms with van der Waals surface area (Å²) in [5.74, 6) is -1.03. The van der Waals surface area contributed by atoms with Gasteiger partial charge in [0.15, 0.2) is 0 Å². The van der Waals surface area contributed by atoms with E-state index in [4.69, 9.17) is 5.11 Å². The molecular weight excluding hydrogens is 233 g/mol. The molecule has 3 nitrogen and oxygen atoms in total. The van der Waals surface area contributed by atoms with Crippen molar-refractivity contribution in [2.75, 3.05) is 13.1 Å². The third kappa shape index (κ3) is 2.70. The molecule has 2 rings (SSSR count). The molecule has 18 heavy (non-hydrogen) atoms. The summed E-state index contributed by atoms with van der Waals surface area (Å²) >= 11 is 0. The van der Waals surface area contributed by atoms with Crippen molar-refractivity contribution in [3.63, 3.8) is 0 Å². The molecule has 1 saturated heterocycles. The van der Waals surface area contributed by atoms with Crippen LogP contribution in [0.15, 0.2) is 18.2 Å². The molecule has 1 N–H and O–H groups in total. The molecule has 2 unspecified atom stereocenters. The van der Waals surface area contributed by atoms with Crippen LogP contribution in [0.1, 0.15) is 18.1 Å².